The van der Waals surface area contributed by atoms with Crippen molar-refractivity contribution in [1.29, 1.82) is 0 Å². The summed E-state index contributed by atoms with van der Waals surface area (Å²) in [6, 6.07) is 0. The van der Waals surface area contributed by atoms with E-state index in [0.717, 1.165) is 25.7 Å². The van der Waals surface area contributed by atoms with Crippen LogP contribution in [0.5, 0.6) is 0 Å². The molecule has 5 heteroatoms. The third-order valence-corrected chi connectivity index (χ3v) is 5.33. The van der Waals surface area contributed by atoms with E-state index >= 15 is 0 Å². The molecule has 0 aromatic rings. The van der Waals surface area contributed by atoms with Crippen LogP contribution in [0.2, 0.25) is 0 Å². The first-order valence-electron chi connectivity index (χ1n) is 5.26. The Kier molecular flexibility index (Phi) is 2.36. The van der Waals surface area contributed by atoms with Gasteiger partial charge in [0.05, 0.1) is 5.25 Å². The molecule has 0 spiro atoms. The molecule has 0 aromatic carbocycles. The average Bonchev–Trinajstić information content (AvgIpc) is 2.82. The maximum absolute atomic E-state index is 11.7. The topological polar surface area (TPSA) is 63.4 Å². The van der Waals surface area contributed by atoms with Crippen molar-refractivity contribution in [2.45, 2.75) is 43.4 Å². The summed E-state index contributed by atoms with van der Waals surface area (Å²) < 4.78 is 25.0. The lowest BCUT2D eigenvalue weighted by Gasteiger charge is -2.46. The zero-order valence-corrected chi connectivity index (χ0v) is 9.39. The van der Waals surface area contributed by atoms with Crippen LogP contribution in [0.1, 0.15) is 32.6 Å². The van der Waals surface area contributed by atoms with Gasteiger partial charge in [0.2, 0.25) is 10.0 Å². The maximum atomic E-state index is 11.7. The summed E-state index contributed by atoms with van der Waals surface area (Å²) in [6.07, 6.45) is 3.62. The van der Waals surface area contributed by atoms with Gasteiger partial charge >= 0.3 is 0 Å². The standard InChI is InChI=1S/C9H18N2O2S/c1-2-5-9(10)6-11(7-9)14(12,13)8-3-4-8/h8H,2-7,10H2,1H3. The first-order valence-corrected chi connectivity index (χ1v) is 6.76. The lowest BCUT2D eigenvalue weighted by molar-refractivity contribution is 0.146. The second kappa shape index (κ2) is 3.18. The summed E-state index contributed by atoms with van der Waals surface area (Å²) in [4.78, 5) is 0. The highest BCUT2D eigenvalue weighted by Crippen LogP contribution is 2.36. The van der Waals surface area contributed by atoms with Gasteiger partial charge in [-0.15, -0.1) is 0 Å². The lowest BCUT2D eigenvalue weighted by Crippen LogP contribution is -2.68. The zero-order chi connectivity index (χ0) is 10.4. The highest BCUT2D eigenvalue weighted by Gasteiger charge is 2.49. The Morgan fingerprint density at radius 1 is 1.43 bits per heavy atom. The van der Waals surface area contributed by atoms with Crippen LogP contribution in [0.15, 0.2) is 0 Å². The van der Waals surface area contributed by atoms with Crippen molar-refractivity contribution >= 4 is 10.0 Å². The Morgan fingerprint density at radius 3 is 2.43 bits per heavy atom. The fourth-order valence-electron chi connectivity index (χ4n) is 2.07. The van der Waals surface area contributed by atoms with Crippen LogP contribution in [0.4, 0.5) is 0 Å². The summed E-state index contributed by atoms with van der Waals surface area (Å²) in [7, 11) is -2.97. The van der Waals surface area contributed by atoms with Crippen molar-refractivity contribution in [1.82, 2.24) is 4.31 Å². The molecule has 0 atom stereocenters. The smallest absolute Gasteiger partial charge is 0.217 e. The molecular weight excluding hydrogens is 200 g/mol. The van der Waals surface area contributed by atoms with Gasteiger partial charge in [-0.25, -0.2) is 8.42 Å². The van der Waals surface area contributed by atoms with E-state index in [1.165, 1.54) is 0 Å². The Hall–Kier alpha value is -0.130. The molecule has 0 unspecified atom stereocenters. The second-order valence-electron chi connectivity index (χ2n) is 4.62. The molecular formula is C9H18N2O2S. The zero-order valence-electron chi connectivity index (χ0n) is 8.57. The van der Waals surface area contributed by atoms with Gasteiger partial charge in [0, 0.05) is 18.6 Å². The van der Waals surface area contributed by atoms with E-state index in [2.05, 4.69) is 6.92 Å². The number of nitrogens with zero attached hydrogens (tertiary/aromatic N) is 1. The minimum Gasteiger partial charge on any atom is -0.323 e. The fraction of sp³-hybridized carbons (Fsp3) is 1.00. The molecule has 0 radical (unpaired) electrons. The Morgan fingerprint density at radius 2 is 2.00 bits per heavy atom. The molecule has 82 valence electrons. The van der Waals surface area contributed by atoms with E-state index < -0.39 is 10.0 Å². The minimum atomic E-state index is -2.97. The highest BCUT2D eigenvalue weighted by molar-refractivity contribution is 7.90. The van der Waals surface area contributed by atoms with E-state index in [9.17, 15) is 8.42 Å². The normalized spacial score (nSPS) is 27.3. The maximum Gasteiger partial charge on any atom is 0.217 e. The largest absolute Gasteiger partial charge is 0.323 e. The average molecular weight is 218 g/mol. The third kappa shape index (κ3) is 1.68. The highest BCUT2D eigenvalue weighted by atomic mass is 32.2. The molecule has 1 aliphatic heterocycles. The van der Waals surface area contributed by atoms with Gasteiger partial charge in [0.15, 0.2) is 0 Å². The van der Waals surface area contributed by atoms with Gasteiger partial charge in [-0.3, -0.25) is 0 Å². The van der Waals surface area contributed by atoms with E-state index in [-0.39, 0.29) is 10.8 Å². The third-order valence-electron chi connectivity index (χ3n) is 3.04. The van der Waals surface area contributed by atoms with Crippen LogP contribution in [0, 0.1) is 0 Å². The monoisotopic (exact) mass is 218 g/mol. The van der Waals surface area contributed by atoms with E-state index in [4.69, 9.17) is 5.73 Å². The van der Waals surface area contributed by atoms with Gasteiger partial charge in [-0.1, -0.05) is 13.3 Å². The molecule has 1 heterocycles. The number of nitrogens with two attached hydrogens (primary N) is 1. The molecule has 2 rings (SSSR count). The molecule has 2 aliphatic rings. The number of hydrogen-bond donors (Lipinski definition) is 1. The van der Waals surface area contributed by atoms with Crippen LogP contribution in [-0.4, -0.2) is 36.6 Å². The summed E-state index contributed by atoms with van der Waals surface area (Å²) in [5.74, 6) is 0. The molecule has 0 aromatic heterocycles. The van der Waals surface area contributed by atoms with Crippen LogP contribution >= 0.6 is 0 Å². The number of sulfonamides is 1. The lowest BCUT2D eigenvalue weighted by atomic mass is 9.89. The predicted octanol–water partition coefficient (Wildman–Crippen LogP) is 0.292. The van der Waals surface area contributed by atoms with Crippen LogP contribution < -0.4 is 5.73 Å². The van der Waals surface area contributed by atoms with Gasteiger partial charge in [0.1, 0.15) is 0 Å². The Labute approximate surface area is 85.5 Å². The fourth-order valence-corrected chi connectivity index (χ4v) is 4.10. The molecule has 0 amide bonds. The summed E-state index contributed by atoms with van der Waals surface area (Å²) in [5, 5.41) is -0.0892. The number of hydrogen-bond acceptors (Lipinski definition) is 3. The van der Waals surface area contributed by atoms with Crippen molar-refractivity contribution < 1.29 is 8.42 Å². The molecule has 1 saturated heterocycles. The SMILES string of the molecule is CCCC1(N)CN(S(=O)(=O)C2CC2)C1. The first kappa shape index (κ1) is 10.4. The molecule has 4 nitrogen and oxygen atoms in total. The van der Waals surface area contributed by atoms with Crippen molar-refractivity contribution in [2.24, 2.45) is 5.73 Å². The molecule has 2 N–H and O–H groups in total. The van der Waals surface area contributed by atoms with E-state index in [0.29, 0.717) is 13.1 Å². The van der Waals surface area contributed by atoms with Crippen LogP contribution in [0.25, 0.3) is 0 Å². The predicted molar refractivity (Wildman–Crippen MR) is 55.3 cm³/mol. The van der Waals surface area contributed by atoms with Gasteiger partial charge in [0.25, 0.3) is 0 Å². The van der Waals surface area contributed by atoms with Gasteiger partial charge in [-0.05, 0) is 19.3 Å². The second-order valence-corrected chi connectivity index (χ2v) is 6.84. The van der Waals surface area contributed by atoms with Crippen molar-refractivity contribution in [3.63, 3.8) is 0 Å². The molecule has 14 heavy (non-hydrogen) atoms. The van der Waals surface area contributed by atoms with E-state index in [1.54, 1.807) is 4.31 Å². The van der Waals surface area contributed by atoms with Gasteiger partial charge < -0.3 is 5.73 Å². The Bertz CT molecular complexity index is 316. The van der Waals surface area contributed by atoms with Crippen molar-refractivity contribution in [3.8, 4) is 0 Å². The number of rotatable bonds is 4. The minimum absolute atomic E-state index is 0.0892. The molecule has 1 aliphatic carbocycles. The summed E-state index contributed by atoms with van der Waals surface area (Å²) in [5.41, 5.74) is 5.78. The van der Waals surface area contributed by atoms with Crippen LogP contribution in [-0.2, 0) is 10.0 Å². The quantitative estimate of drug-likeness (QED) is 0.737. The van der Waals surface area contributed by atoms with Gasteiger partial charge in [-0.2, -0.15) is 4.31 Å². The first-order chi connectivity index (χ1) is 6.48. The van der Waals surface area contributed by atoms with Crippen LogP contribution in [0.3, 0.4) is 0 Å². The van der Waals surface area contributed by atoms with Crippen molar-refractivity contribution in [2.75, 3.05) is 13.1 Å². The molecule has 1 saturated carbocycles. The summed E-state index contributed by atoms with van der Waals surface area (Å²) in [6.45, 7) is 3.13. The van der Waals surface area contributed by atoms with E-state index in [1.807, 2.05) is 0 Å². The molecule has 0 bridgehead atoms. The Balaban J connectivity index is 1.93. The molecule has 2 fully saturated rings. The van der Waals surface area contributed by atoms with Crippen molar-refractivity contribution in [3.05, 3.63) is 0 Å². The summed E-state index contributed by atoms with van der Waals surface area (Å²) >= 11 is 0.